The number of thiophene rings is 1. The normalized spacial score (nSPS) is 14.3. The molecule has 0 atom stereocenters. The molecule has 3 heteroatoms. The Morgan fingerprint density at radius 2 is 2.11 bits per heavy atom. The van der Waals surface area contributed by atoms with Gasteiger partial charge in [0.15, 0.2) is 0 Å². The van der Waals surface area contributed by atoms with Crippen LogP contribution in [0.25, 0.3) is 0 Å². The molecule has 0 fully saturated rings. The number of aryl methyl sites for hydroxylation is 2. The van der Waals surface area contributed by atoms with Crippen LogP contribution >= 0.6 is 11.3 Å². The van der Waals surface area contributed by atoms with Crippen molar-refractivity contribution in [3.63, 3.8) is 0 Å². The Labute approximate surface area is 117 Å². The molecule has 1 aliphatic rings. The van der Waals surface area contributed by atoms with E-state index < -0.39 is 0 Å². The Morgan fingerprint density at radius 1 is 1.26 bits per heavy atom. The van der Waals surface area contributed by atoms with Gasteiger partial charge in [-0.25, -0.2) is 0 Å². The van der Waals surface area contributed by atoms with Crippen molar-refractivity contribution in [2.24, 2.45) is 0 Å². The van der Waals surface area contributed by atoms with Crippen LogP contribution in [-0.4, -0.2) is 17.4 Å². The van der Waals surface area contributed by atoms with Crippen LogP contribution in [0.5, 0.6) is 0 Å². The summed E-state index contributed by atoms with van der Waals surface area (Å²) in [5.41, 5.74) is 4.42. The zero-order valence-electron chi connectivity index (χ0n) is 11.3. The molecule has 2 heterocycles. The largest absolute Gasteiger partial charge is 0.334 e. The Bertz CT molecular complexity index is 629. The molecule has 0 unspecified atom stereocenters. The molecule has 0 radical (unpaired) electrons. The molecule has 3 rings (SSSR count). The maximum atomic E-state index is 12.6. The molecule has 19 heavy (non-hydrogen) atoms. The first-order chi connectivity index (χ1) is 9.15. The second-order valence-electron chi connectivity index (χ2n) is 5.16. The molecule has 0 bridgehead atoms. The average Bonchev–Trinajstić information content (AvgIpc) is 2.85. The van der Waals surface area contributed by atoms with Gasteiger partial charge in [0.2, 0.25) is 0 Å². The summed E-state index contributed by atoms with van der Waals surface area (Å²) in [4.78, 5) is 16.0. The molecular formula is C16H17NOS. The summed E-state index contributed by atoms with van der Waals surface area (Å²) in [6.07, 6.45) is 0.990. The standard InChI is InChI=1S/C16H17NOS/c1-11-3-4-14(12(2)9-11)16(18)17-7-5-15-13(10-17)6-8-19-15/h3-4,6,8-9H,5,7,10H2,1-2H3. The van der Waals surface area contributed by atoms with Crippen molar-refractivity contribution in [3.05, 3.63) is 56.8 Å². The maximum absolute atomic E-state index is 12.6. The first-order valence-corrected chi connectivity index (χ1v) is 7.45. The van der Waals surface area contributed by atoms with Gasteiger partial charge in [-0.15, -0.1) is 11.3 Å². The van der Waals surface area contributed by atoms with E-state index in [9.17, 15) is 4.79 Å². The molecule has 0 spiro atoms. The minimum absolute atomic E-state index is 0.161. The summed E-state index contributed by atoms with van der Waals surface area (Å²) < 4.78 is 0. The van der Waals surface area contributed by atoms with Crippen molar-refractivity contribution < 1.29 is 4.79 Å². The molecule has 1 aliphatic heterocycles. The fourth-order valence-electron chi connectivity index (χ4n) is 2.65. The molecule has 1 aromatic heterocycles. The number of hydrogen-bond donors (Lipinski definition) is 0. The highest BCUT2D eigenvalue weighted by molar-refractivity contribution is 7.10. The van der Waals surface area contributed by atoms with Crippen LogP contribution in [0.3, 0.4) is 0 Å². The number of carbonyl (C=O) groups excluding carboxylic acids is 1. The van der Waals surface area contributed by atoms with E-state index in [-0.39, 0.29) is 5.91 Å². The second-order valence-corrected chi connectivity index (χ2v) is 6.16. The fraction of sp³-hybridized carbons (Fsp3) is 0.312. The van der Waals surface area contributed by atoms with Gasteiger partial charge in [0.25, 0.3) is 5.91 Å². The van der Waals surface area contributed by atoms with E-state index >= 15 is 0 Å². The van der Waals surface area contributed by atoms with E-state index in [2.05, 4.69) is 24.4 Å². The predicted octanol–water partition coefficient (Wildman–Crippen LogP) is 3.56. The first-order valence-electron chi connectivity index (χ1n) is 6.57. The van der Waals surface area contributed by atoms with E-state index in [0.29, 0.717) is 0 Å². The number of benzene rings is 1. The summed E-state index contributed by atoms with van der Waals surface area (Å²) in [5.74, 6) is 0.161. The predicted molar refractivity (Wildman–Crippen MR) is 78.7 cm³/mol. The van der Waals surface area contributed by atoms with Gasteiger partial charge in [-0.05, 0) is 48.9 Å². The monoisotopic (exact) mass is 271 g/mol. The average molecular weight is 271 g/mol. The Balaban J connectivity index is 1.85. The van der Waals surface area contributed by atoms with Crippen LogP contribution in [0, 0.1) is 13.8 Å². The summed E-state index contributed by atoms with van der Waals surface area (Å²) >= 11 is 1.80. The smallest absolute Gasteiger partial charge is 0.254 e. The Hall–Kier alpha value is -1.61. The van der Waals surface area contributed by atoms with Crippen molar-refractivity contribution in [2.75, 3.05) is 6.54 Å². The van der Waals surface area contributed by atoms with Crippen LogP contribution in [0.2, 0.25) is 0 Å². The maximum Gasteiger partial charge on any atom is 0.254 e. The SMILES string of the molecule is Cc1ccc(C(=O)N2CCc3sccc3C2)c(C)c1. The van der Waals surface area contributed by atoms with Crippen LogP contribution in [-0.2, 0) is 13.0 Å². The minimum Gasteiger partial charge on any atom is -0.334 e. The first kappa shape index (κ1) is 12.4. The third-order valence-electron chi connectivity index (χ3n) is 3.71. The molecule has 98 valence electrons. The number of amides is 1. The zero-order chi connectivity index (χ0) is 13.4. The molecule has 0 saturated carbocycles. The highest BCUT2D eigenvalue weighted by atomic mass is 32.1. The van der Waals surface area contributed by atoms with Crippen molar-refractivity contribution in [1.82, 2.24) is 4.90 Å². The molecule has 0 saturated heterocycles. The lowest BCUT2D eigenvalue weighted by Gasteiger charge is -2.27. The molecule has 2 nitrogen and oxygen atoms in total. The van der Waals surface area contributed by atoms with Crippen molar-refractivity contribution in [1.29, 1.82) is 0 Å². The third-order valence-corrected chi connectivity index (χ3v) is 4.73. The van der Waals surface area contributed by atoms with Crippen molar-refractivity contribution in [3.8, 4) is 0 Å². The van der Waals surface area contributed by atoms with Gasteiger partial charge in [0, 0.05) is 23.5 Å². The van der Waals surface area contributed by atoms with Crippen LogP contribution in [0.1, 0.15) is 31.9 Å². The number of nitrogens with zero attached hydrogens (tertiary/aromatic N) is 1. The van der Waals surface area contributed by atoms with Crippen LogP contribution in [0.15, 0.2) is 29.6 Å². The lowest BCUT2D eigenvalue weighted by atomic mass is 10.0. The zero-order valence-corrected chi connectivity index (χ0v) is 12.1. The molecule has 0 aliphatic carbocycles. The lowest BCUT2D eigenvalue weighted by molar-refractivity contribution is 0.0735. The van der Waals surface area contributed by atoms with Gasteiger partial charge in [0.1, 0.15) is 0 Å². The summed E-state index contributed by atoms with van der Waals surface area (Å²) in [6, 6.07) is 8.19. The number of hydrogen-bond acceptors (Lipinski definition) is 2. The van der Waals surface area contributed by atoms with Gasteiger partial charge in [-0.3, -0.25) is 4.79 Å². The highest BCUT2D eigenvalue weighted by Crippen LogP contribution is 2.25. The minimum atomic E-state index is 0.161. The van der Waals surface area contributed by atoms with Gasteiger partial charge in [-0.2, -0.15) is 0 Å². The third kappa shape index (κ3) is 2.30. The van der Waals surface area contributed by atoms with Gasteiger partial charge >= 0.3 is 0 Å². The van der Waals surface area contributed by atoms with Crippen LogP contribution < -0.4 is 0 Å². The highest BCUT2D eigenvalue weighted by Gasteiger charge is 2.23. The topological polar surface area (TPSA) is 20.3 Å². The van der Waals surface area contributed by atoms with Crippen molar-refractivity contribution in [2.45, 2.75) is 26.8 Å². The molecule has 1 amide bonds. The number of rotatable bonds is 1. The van der Waals surface area contributed by atoms with Gasteiger partial charge in [0.05, 0.1) is 0 Å². The lowest BCUT2D eigenvalue weighted by Crippen LogP contribution is -2.35. The quantitative estimate of drug-likeness (QED) is 0.776. The van der Waals surface area contributed by atoms with E-state index in [1.54, 1.807) is 11.3 Å². The molecular weight excluding hydrogens is 254 g/mol. The molecule has 0 N–H and O–H groups in total. The summed E-state index contributed by atoms with van der Waals surface area (Å²) in [5, 5.41) is 2.12. The van der Waals surface area contributed by atoms with E-state index in [0.717, 1.165) is 30.6 Å². The van der Waals surface area contributed by atoms with E-state index in [1.165, 1.54) is 16.0 Å². The van der Waals surface area contributed by atoms with Gasteiger partial charge in [-0.1, -0.05) is 17.7 Å². The summed E-state index contributed by atoms with van der Waals surface area (Å²) in [6.45, 7) is 5.66. The van der Waals surface area contributed by atoms with Crippen LogP contribution in [0.4, 0.5) is 0 Å². The number of fused-ring (bicyclic) bond motifs is 1. The molecule has 1 aromatic carbocycles. The second kappa shape index (κ2) is 4.82. The Morgan fingerprint density at radius 3 is 2.89 bits per heavy atom. The number of carbonyl (C=O) groups is 1. The fourth-order valence-corrected chi connectivity index (χ4v) is 3.54. The van der Waals surface area contributed by atoms with Gasteiger partial charge < -0.3 is 4.90 Å². The molecule has 2 aromatic rings. The van der Waals surface area contributed by atoms with E-state index in [1.807, 2.05) is 24.0 Å². The van der Waals surface area contributed by atoms with Crippen molar-refractivity contribution >= 4 is 17.2 Å². The summed E-state index contributed by atoms with van der Waals surface area (Å²) in [7, 11) is 0. The van der Waals surface area contributed by atoms with E-state index in [4.69, 9.17) is 0 Å². The Kier molecular flexibility index (Phi) is 3.15.